The average molecular weight is 766 g/mol. The molecule has 16 heteroatoms. The Labute approximate surface area is 311 Å². The maximum atomic E-state index is 14.2. The van der Waals surface area contributed by atoms with Gasteiger partial charge in [0.15, 0.2) is 0 Å². The van der Waals surface area contributed by atoms with Crippen LogP contribution in [0.2, 0.25) is 0 Å². The number of nitrogen functional groups attached to an aromatic ring is 1. The van der Waals surface area contributed by atoms with Crippen molar-refractivity contribution in [2.24, 2.45) is 5.92 Å². The number of hydrogen-bond donors (Lipinski definition) is 2. The summed E-state index contributed by atoms with van der Waals surface area (Å²) in [4.78, 5) is 50.8. The number of nitrogens with zero attached hydrogens (tertiary/aromatic N) is 5. The summed E-state index contributed by atoms with van der Waals surface area (Å²) >= 11 is 0. The normalized spacial score (nSPS) is 20.9. The molecule has 2 aromatic carbocycles. The molecule has 4 heterocycles. The molecule has 54 heavy (non-hydrogen) atoms. The zero-order valence-electron chi connectivity index (χ0n) is 30.5. The number of rotatable bonds is 7. The summed E-state index contributed by atoms with van der Waals surface area (Å²) in [6.45, 7) is 5.60. The van der Waals surface area contributed by atoms with Crippen molar-refractivity contribution in [1.82, 2.24) is 24.5 Å². The van der Waals surface area contributed by atoms with Crippen LogP contribution < -0.4 is 11.1 Å². The quantitative estimate of drug-likeness (QED) is 0.283. The lowest BCUT2D eigenvalue weighted by molar-refractivity contribution is -0.143. The number of benzene rings is 2. The molecule has 0 saturated carbocycles. The van der Waals surface area contributed by atoms with E-state index in [0.29, 0.717) is 63.9 Å². The highest BCUT2D eigenvalue weighted by Gasteiger charge is 2.42. The molecule has 2 aromatic rings. The molecule has 4 aliphatic heterocycles. The van der Waals surface area contributed by atoms with Gasteiger partial charge in [-0.15, -0.1) is 0 Å². The number of anilines is 2. The zero-order chi connectivity index (χ0) is 38.8. The maximum Gasteiger partial charge on any atom is 0.418 e. The molecule has 3 saturated heterocycles. The molecule has 0 aromatic heterocycles. The van der Waals surface area contributed by atoms with Crippen LogP contribution in [0, 0.1) is 5.92 Å². The molecule has 0 spiro atoms. The van der Waals surface area contributed by atoms with Crippen LogP contribution in [-0.4, -0.2) is 120 Å². The fourth-order valence-corrected chi connectivity index (χ4v) is 8.48. The number of nitrogens with two attached hydrogens (primary N) is 1. The standard InChI is InChI=1S/C38H49F6N7O3/c1-47-12-4-13-48(20-19-47)28-8-16-50(17-9-28)35(53)27(21-25-22-30(37(39,40)41)34(45)31(23-25)38(42,43)44)24-33(52)49-14-10-29(11-15-49)51-18-7-26-5-2-3-6-32(26)46-36(51)54/h2-3,5-6,22-23,27-29H,4,7-21,24,45H2,1H3,(H,46,54)/t27-/m0/s1. The van der Waals surface area contributed by atoms with Crippen LogP contribution in [0.4, 0.5) is 42.5 Å². The van der Waals surface area contributed by atoms with E-state index in [9.17, 15) is 40.7 Å². The molecule has 3 N–H and O–H groups in total. The van der Waals surface area contributed by atoms with Gasteiger partial charge in [0, 0.05) is 70.0 Å². The number of para-hydroxylation sites is 1. The molecule has 296 valence electrons. The predicted molar refractivity (Wildman–Crippen MR) is 191 cm³/mol. The maximum absolute atomic E-state index is 14.2. The average Bonchev–Trinajstić information content (AvgIpc) is 3.45. The number of alkyl halides is 6. The molecule has 0 radical (unpaired) electrons. The first-order valence-electron chi connectivity index (χ1n) is 18.8. The van der Waals surface area contributed by atoms with Crippen LogP contribution in [0.3, 0.4) is 0 Å². The van der Waals surface area contributed by atoms with Crippen molar-refractivity contribution in [3.05, 3.63) is 58.7 Å². The first kappa shape index (κ1) is 39.6. The number of nitrogens with one attached hydrogen (secondary N) is 1. The zero-order valence-corrected chi connectivity index (χ0v) is 30.5. The van der Waals surface area contributed by atoms with E-state index in [1.807, 2.05) is 24.3 Å². The Balaban J connectivity index is 1.16. The number of hydrogen-bond acceptors (Lipinski definition) is 6. The summed E-state index contributed by atoms with van der Waals surface area (Å²) in [6.07, 6.45) is -7.21. The van der Waals surface area contributed by atoms with Crippen molar-refractivity contribution in [1.29, 1.82) is 0 Å². The summed E-state index contributed by atoms with van der Waals surface area (Å²) in [7, 11) is 2.08. The fourth-order valence-electron chi connectivity index (χ4n) is 8.48. The van der Waals surface area contributed by atoms with Gasteiger partial charge in [0.25, 0.3) is 0 Å². The topological polar surface area (TPSA) is 105 Å². The summed E-state index contributed by atoms with van der Waals surface area (Å²) in [5.74, 6) is -2.07. The molecule has 0 unspecified atom stereocenters. The van der Waals surface area contributed by atoms with Crippen molar-refractivity contribution >= 4 is 29.2 Å². The SMILES string of the molecule is CN1CCCN(C2CCN(C(=O)[C@H](CC(=O)N3CCC(N4CCc5ccccc5NC4=O)CC3)Cc3cc(C(F)(F)F)c(N)c(C(F)(F)F)c3)CC2)CC1. The monoisotopic (exact) mass is 765 g/mol. The van der Waals surface area contributed by atoms with E-state index in [2.05, 4.69) is 22.2 Å². The predicted octanol–water partition coefficient (Wildman–Crippen LogP) is 5.56. The van der Waals surface area contributed by atoms with Crippen LogP contribution in [-0.2, 0) is 34.8 Å². The molecular weight excluding hydrogens is 716 g/mol. The Hall–Kier alpha value is -4.05. The van der Waals surface area contributed by atoms with Crippen LogP contribution in [0.15, 0.2) is 36.4 Å². The second kappa shape index (κ2) is 16.4. The van der Waals surface area contributed by atoms with Crippen molar-refractivity contribution in [2.75, 3.05) is 77.0 Å². The van der Waals surface area contributed by atoms with Gasteiger partial charge in [0.1, 0.15) is 0 Å². The highest BCUT2D eigenvalue weighted by molar-refractivity contribution is 5.91. The molecule has 1 atom stereocenters. The van der Waals surface area contributed by atoms with E-state index in [0.717, 1.165) is 43.9 Å². The Kier molecular flexibility index (Phi) is 12.0. The fraction of sp³-hybridized carbons (Fsp3) is 0.605. The molecule has 0 aliphatic carbocycles. The van der Waals surface area contributed by atoms with Gasteiger partial charge in [-0.2, -0.15) is 26.3 Å². The highest BCUT2D eigenvalue weighted by atomic mass is 19.4. The second-order valence-electron chi connectivity index (χ2n) is 15.1. The minimum Gasteiger partial charge on any atom is -0.398 e. The van der Waals surface area contributed by atoms with Gasteiger partial charge in [-0.3, -0.25) is 14.5 Å². The van der Waals surface area contributed by atoms with Gasteiger partial charge in [0.05, 0.1) is 22.7 Å². The third-order valence-corrected chi connectivity index (χ3v) is 11.5. The number of amides is 4. The van der Waals surface area contributed by atoms with Crippen molar-refractivity contribution in [3.8, 4) is 0 Å². The van der Waals surface area contributed by atoms with Gasteiger partial charge in [-0.05, 0) is 94.4 Å². The molecule has 4 aliphatic rings. The van der Waals surface area contributed by atoms with E-state index < -0.39 is 53.3 Å². The molecule has 6 rings (SSSR count). The van der Waals surface area contributed by atoms with E-state index in [4.69, 9.17) is 5.73 Å². The van der Waals surface area contributed by atoms with Crippen LogP contribution in [0.5, 0.6) is 0 Å². The Morgan fingerprint density at radius 3 is 2.07 bits per heavy atom. The number of likely N-dealkylation sites (N-methyl/N-ethyl adjacent to an activating group) is 1. The molecule has 10 nitrogen and oxygen atoms in total. The summed E-state index contributed by atoms with van der Waals surface area (Å²) in [5, 5.41) is 2.96. The molecule has 3 fully saturated rings. The Bertz CT molecular complexity index is 1640. The van der Waals surface area contributed by atoms with E-state index in [-0.39, 0.29) is 43.2 Å². The minimum absolute atomic E-state index is 0.136. The van der Waals surface area contributed by atoms with Crippen molar-refractivity contribution < 1.29 is 40.7 Å². The number of carbonyl (C=O) groups is 3. The number of likely N-dealkylation sites (tertiary alicyclic amines) is 2. The second-order valence-corrected chi connectivity index (χ2v) is 15.1. The third-order valence-electron chi connectivity index (χ3n) is 11.5. The van der Waals surface area contributed by atoms with Crippen molar-refractivity contribution in [3.63, 3.8) is 0 Å². The number of halogens is 6. The van der Waals surface area contributed by atoms with Crippen molar-refractivity contribution in [2.45, 2.75) is 75.8 Å². The molecule has 0 bridgehead atoms. The Morgan fingerprint density at radius 2 is 1.43 bits per heavy atom. The number of urea groups is 1. The third kappa shape index (κ3) is 9.24. The first-order valence-corrected chi connectivity index (χ1v) is 18.8. The summed E-state index contributed by atoms with van der Waals surface area (Å²) in [5.41, 5.74) is 2.13. The largest absolute Gasteiger partial charge is 0.418 e. The van der Waals surface area contributed by atoms with Gasteiger partial charge < -0.3 is 30.7 Å². The molecular formula is C38H49F6N7O3. The lowest BCUT2D eigenvalue weighted by Gasteiger charge is -2.40. The van der Waals surface area contributed by atoms with Crippen LogP contribution >= 0.6 is 0 Å². The summed E-state index contributed by atoms with van der Waals surface area (Å²) in [6, 6.07) is 8.61. The van der Waals surface area contributed by atoms with E-state index >= 15 is 0 Å². The van der Waals surface area contributed by atoms with Crippen LogP contribution in [0.25, 0.3) is 0 Å². The first-order chi connectivity index (χ1) is 25.6. The molecule has 4 amide bonds. The van der Waals surface area contributed by atoms with Gasteiger partial charge in [0.2, 0.25) is 11.8 Å². The minimum atomic E-state index is -5.17. The van der Waals surface area contributed by atoms with Crippen LogP contribution in [0.1, 0.15) is 60.8 Å². The smallest absolute Gasteiger partial charge is 0.398 e. The van der Waals surface area contributed by atoms with Gasteiger partial charge in [-0.25, -0.2) is 4.79 Å². The van der Waals surface area contributed by atoms with Gasteiger partial charge in [-0.1, -0.05) is 18.2 Å². The van der Waals surface area contributed by atoms with E-state index in [1.54, 1.807) is 14.7 Å². The lowest BCUT2D eigenvalue weighted by Crippen LogP contribution is -2.51. The number of fused-ring (bicyclic) bond motifs is 1. The highest BCUT2D eigenvalue weighted by Crippen LogP contribution is 2.42. The lowest BCUT2D eigenvalue weighted by atomic mass is 9.90. The van der Waals surface area contributed by atoms with Gasteiger partial charge >= 0.3 is 18.4 Å². The number of piperidine rings is 2. The number of carbonyl (C=O) groups excluding carboxylic acids is 3. The van der Waals surface area contributed by atoms with E-state index in [1.165, 1.54) is 0 Å². The Morgan fingerprint density at radius 1 is 0.815 bits per heavy atom. The summed E-state index contributed by atoms with van der Waals surface area (Å²) < 4.78 is 83.6.